The van der Waals surface area contributed by atoms with Crippen molar-refractivity contribution in [3.8, 4) is 0 Å². The molecule has 0 spiro atoms. The molecule has 136 valence electrons. The SMILES string of the molecule is CC(C)(C)OC(=O)c1ccc(Cn2cc(CCN)c3ccccc32)cc1. The molecular weight excluding hydrogens is 324 g/mol. The van der Waals surface area contributed by atoms with Gasteiger partial charge in [0.2, 0.25) is 0 Å². The van der Waals surface area contributed by atoms with Crippen LogP contribution in [0.2, 0.25) is 0 Å². The van der Waals surface area contributed by atoms with E-state index in [1.165, 1.54) is 16.5 Å². The number of nitrogens with two attached hydrogens (primary N) is 1. The van der Waals surface area contributed by atoms with E-state index in [1.54, 1.807) is 0 Å². The summed E-state index contributed by atoms with van der Waals surface area (Å²) in [7, 11) is 0. The summed E-state index contributed by atoms with van der Waals surface area (Å²) in [5.41, 5.74) is 9.45. The lowest BCUT2D eigenvalue weighted by atomic mass is 10.1. The number of rotatable bonds is 5. The average molecular weight is 350 g/mol. The molecule has 4 nitrogen and oxygen atoms in total. The van der Waals surface area contributed by atoms with Crippen LogP contribution in [0.15, 0.2) is 54.7 Å². The maximum absolute atomic E-state index is 12.1. The predicted molar refractivity (Wildman–Crippen MR) is 105 cm³/mol. The van der Waals surface area contributed by atoms with Crippen molar-refractivity contribution >= 4 is 16.9 Å². The third-order valence-electron chi connectivity index (χ3n) is 4.23. The first-order valence-corrected chi connectivity index (χ1v) is 8.96. The maximum Gasteiger partial charge on any atom is 0.338 e. The maximum atomic E-state index is 12.1. The van der Waals surface area contributed by atoms with E-state index in [2.05, 4.69) is 35.0 Å². The van der Waals surface area contributed by atoms with Crippen LogP contribution in [0, 0.1) is 0 Å². The quantitative estimate of drug-likeness (QED) is 0.703. The van der Waals surface area contributed by atoms with Gasteiger partial charge < -0.3 is 15.0 Å². The average Bonchev–Trinajstić information content (AvgIpc) is 2.92. The van der Waals surface area contributed by atoms with Gasteiger partial charge in [0.1, 0.15) is 5.60 Å². The summed E-state index contributed by atoms with van der Waals surface area (Å²) in [4.78, 5) is 12.1. The van der Waals surface area contributed by atoms with Crippen LogP contribution in [-0.4, -0.2) is 22.7 Å². The van der Waals surface area contributed by atoms with E-state index >= 15 is 0 Å². The van der Waals surface area contributed by atoms with Gasteiger partial charge in [0.05, 0.1) is 5.56 Å². The normalized spacial score (nSPS) is 11.7. The topological polar surface area (TPSA) is 57.2 Å². The molecule has 0 unspecified atom stereocenters. The number of nitrogens with zero attached hydrogens (tertiary/aromatic N) is 1. The van der Waals surface area contributed by atoms with Crippen LogP contribution >= 0.6 is 0 Å². The molecule has 0 aliphatic carbocycles. The van der Waals surface area contributed by atoms with E-state index in [1.807, 2.05) is 45.0 Å². The molecule has 2 aromatic carbocycles. The molecule has 0 fully saturated rings. The molecule has 0 amide bonds. The monoisotopic (exact) mass is 350 g/mol. The highest BCUT2D eigenvalue weighted by Gasteiger charge is 2.17. The zero-order valence-electron chi connectivity index (χ0n) is 15.7. The minimum absolute atomic E-state index is 0.291. The summed E-state index contributed by atoms with van der Waals surface area (Å²) in [6.07, 6.45) is 3.05. The molecule has 0 aliphatic heterocycles. The first kappa shape index (κ1) is 18.2. The van der Waals surface area contributed by atoms with Crippen molar-refractivity contribution in [1.29, 1.82) is 0 Å². The Balaban J connectivity index is 1.82. The minimum Gasteiger partial charge on any atom is -0.456 e. The first-order valence-electron chi connectivity index (χ1n) is 8.96. The Hall–Kier alpha value is -2.59. The number of esters is 1. The zero-order valence-corrected chi connectivity index (χ0v) is 15.7. The van der Waals surface area contributed by atoms with E-state index in [-0.39, 0.29) is 5.97 Å². The molecule has 0 saturated carbocycles. The minimum atomic E-state index is -0.487. The van der Waals surface area contributed by atoms with Crippen molar-refractivity contribution in [2.24, 2.45) is 5.73 Å². The first-order chi connectivity index (χ1) is 12.4. The number of carbonyl (C=O) groups is 1. The molecule has 1 aromatic heterocycles. The fourth-order valence-electron chi connectivity index (χ4n) is 3.09. The van der Waals surface area contributed by atoms with Gasteiger partial charge in [-0.2, -0.15) is 0 Å². The van der Waals surface area contributed by atoms with Gasteiger partial charge in [-0.05, 0) is 63.1 Å². The van der Waals surface area contributed by atoms with Crippen LogP contribution in [0.1, 0.15) is 42.3 Å². The molecule has 2 N–H and O–H groups in total. The summed E-state index contributed by atoms with van der Waals surface area (Å²) in [5.74, 6) is -0.291. The number of carbonyl (C=O) groups excluding carboxylic acids is 1. The third kappa shape index (κ3) is 4.14. The Kier molecular flexibility index (Phi) is 5.14. The zero-order chi connectivity index (χ0) is 18.7. The number of hydrogen-bond acceptors (Lipinski definition) is 3. The summed E-state index contributed by atoms with van der Waals surface area (Å²) in [6, 6.07) is 16.0. The third-order valence-corrected chi connectivity index (χ3v) is 4.23. The fourth-order valence-corrected chi connectivity index (χ4v) is 3.09. The van der Waals surface area contributed by atoms with E-state index in [0.717, 1.165) is 18.5 Å². The fraction of sp³-hybridized carbons (Fsp3) is 0.318. The van der Waals surface area contributed by atoms with Gasteiger partial charge in [-0.25, -0.2) is 4.79 Å². The highest BCUT2D eigenvalue weighted by Crippen LogP contribution is 2.23. The molecule has 0 bridgehead atoms. The van der Waals surface area contributed by atoms with Gasteiger partial charge in [0.15, 0.2) is 0 Å². The summed E-state index contributed by atoms with van der Waals surface area (Å²) < 4.78 is 7.65. The van der Waals surface area contributed by atoms with Crippen LogP contribution in [-0.2, 0) is 17.7 Å². The second kappa shape index (κ2) is 7.34. The van der Waals surface area contributed by atoms with E-state index < -0.39 is 5.60 Å². The van der Waals surface area contributed by atoms with Gasteiger partial charge in [0, 0.05) is 23.6 Å². The van der Waals surface area contributed by atoms with Gasteiger partial charge in [0.25, 0.3) is 0 Å². The Morgan fingerprint density at radius 3 is 2.42 bits per heavy atom. The van der Waals surface area contributed by atoms with Crippen LogP contribution in [0.3, 0.4) is 0 Å². The summed E-state index contributed by atoms with van der Waals surface area (Å²) >= 11 is 0. The molecule has 0 saturated heterocycles. The standard InChI is InChI=1S/C22H26N2O2/c1-22(2,3)26-21(25)17-10-8-16(9-11-17)14-24-15-18(12-13-23)19-6-4-5-7-20(19)24/h4-11,15H,12-14,23H2,1-3H3. The molecule has 0 atom stereocenters. The molecule has 26 heavy (non-hydrogen) atoms. The van der Waals surface area contributed by atoms with Gasteiger partial charge in [-0.3, -0.25) is 0 Å². The van der Waals surface area contributed by atoms with E-state index in [9.17, 15) is 4.79 Å². The Labute approximate surface area is 154 Å². The Morgan fingerprint density at radius 1 is 1.08 bits per heavy atom. The Bertz CT molecular complexity index is 902. The van der Waals surface area contributed by atoms with Gasteiger partial charge in [-0.1, -0.05) is 30.3 Å². The summed E-state index contributed by atoms with van der Waals surface area (Å²) in [5, 5.41) is 1.25. The molecule has 1 heterocycles. The van der Waals surface area contributed by atoms with Crippen LogP contribution in [0.25, 0.3) is 10.9 Å². The van der Waals surface area contributed by atoms with Crippen molar-refractivity contribution in [3.05, 3.63) is 71.4 Å². The predicted octanol–water partition coefficient (Wildman–Crippen LogP) is 4.15. The van der Waals surface area contributed by atoms with Crippen molar-refractivity contribution in [3.63, 3.8) is 0 Å². The second-order valence-electron chi connectivity index (χ2n) is 7.54. The highest BCUT2D eigenvalue weighted by atomic mass is 16.6. The number of benzene rings is 2. The van der Waals surface area contributed by atoms with Crippen molar-refractivity contribution in [1.82, 2.24) is 4.57 Å². The van der Waals surface area contributed by atoms with E-state index in [4.69, 9.17) is 10.5 Å². The number of ether oxygens (including phenoxy) is 1. The summed E-state index contributed by atoms with van der Waals surface area (Å²) in [6.45, 7) is 7.00. The lowest BCUT2D eigenvalue weighted by molar-refractivity contribution is 0.00695. The molecule has 3 aromatic rings. The lowest BCUT2D eigenvalue weighted by Crippen LogP contribution is -2.23. The second-order valence-corrected chi connectivity index (χ2v) is 7.54. The largest absolute Gasteiger partial charge is 0.456 e. The molecule has 0 radical (unpaired) electrons. The van der Waals surface area contributed by atoms with Crippen molar-refractivity contribution < 1.29 is 9.53 Å². The Morgan fingerprint density at radius 2 is 1.77 bits per heavy atom. The van der Waals surface area contributed by atoms with Gasteiger partial charge >= 0.3 is 5.97 Å². The highest BCUT2D eigenvalue weighted by molar-refractivity contribution is 5.89. The number of para-hydroxylation sites is 1. The molecule has 4 heteroatoms. The van der Waals surface area contributed by atoms with Crippen molar-refractivity contribution in [2.75, 3.05) is 6.54 Å². The number of hydrogen-bond donors (Lipinski definition) is 1. The molecule has 0 aliphatic rings. The smallest absolute Gasteiger partial charge is 0.338 e. The van der Waals surface area contributed by atoms with Crippen LogP contribution in [0.5, 0.6) is 0 Å². The number of aromatic nitrogens is 1. The van der Waals surface area contributed by atoms with E-state index in [0.29, 0.717) is 12.1 Å². The lowest BCUT2D eigenvalue weighted by Gasteiger charge is -2.19. The molecular formula is C22H26N2O2. The van der Waals surface area contributed by atoms with Gasteiger partial charge in [-0.15, -0.1) is 0 Å². The van der Waals surface area contributed by atoms with Crippen molar-refractivity contribution in [2.45, 2.75) is 39.3 Å². The van der Waals surface area contributed by atoms with Crippen LogP contribution in [0.4, 0.5) is 0 Å². The number of fused-ring (bicyclic) bond motifs is 1. The van der Waals surface area contributed by atoms with Crippen LogP contribution < -0.4 is 5.73 Å². The molecule has 3 rings (SSSR count).